The average molecular weight is 319 g/mol. The number of carbonyl (C=O) groups excluding carboxylic acids is 1. The molecule has 0 saturated heterocycles. The first-order valence-electron chi connectivity index (χ1n) is 7.17. The van der Waals surface area contributed by atoms with Gasteiger partial charge >= 0.3 is 5.97 Å². The van der Waals surface area contributed by atoms with E-state index in [9.17, 15) is 14.7 Å². The highest BCUT2D eigenvalue weighted by Gasteiger charge is 2.35. The highest BCUT2D eigenvalue weighted by molar-refractivity contribution is 7.10. The van der Waals surface area contributed by atoms with E-state index in [0.29, 0.717) is 25.2 Å². The number of carbonyl (C=O) groups is 2. The molecular formula is C15H17N3O3S. The molecule has 116 valence electrons. The Labute approximate surface area is 132 Å². The number of rotatable bonds is 4. The van der Waals surface area contributed by atoms with Gasteiger partial charge in [-0.15, -0.1) is 11.3 Å². The lowest BCUT2D eigenvalue weighted by Crippen LogP contribution is -2.42. The first kappa shape index (κ1) is 14.8. The van der Waals surface area contributed by atoms with Gasteiger partial charge in [-0.25, -0.2) is 4.98 Å². The van der Waals surface area contributed by atoms with E-state index in [1.54, 1.807) is 11.2 Å². The fraction of sp³-hybridized carbons (Fsp3) is 0.400. The second kappa shape index (κ2) is 5.92. The zero-order valence-electron chi connectivity index (χ0n) is 12.2. The zero-order valence-corrected chi connectivity index (χ0v) is 13.0. The lowest BCUT2D eigenvalue weighted by molar-refractivity contribution is -0.141. The lowest BCUT2D eigenvalue weighted by atomic mass is 9.98. The molecule has 3 rings (SSSR count). The van der Waals surface area contributed by atoms with Crippen LogP contribution < -0.4 is 0 Å². The van der Waals surface area contributed by atoms with Crippen molar-refractivity contribution < 1.29 is 14.7 Å². The van der Waals surface area contributed by atoms with Crippen molar-refractivity contribution in [3.05, 3.63) is 40.1 Å². The predicted octanol–water partition coefficient (Wildman–Crippen LogP) is 1.72. The van der Waals surface area contributed by atoms with Crippen LogP contribution in [0.15, 0.2) is 23.8 Å². The van der Waals surface area contributed by atoms with Gasteiger partial charge in [0.25, 0.3) is 0 Å². The Kier molecular flexibility index (Phi) is 3.98. The number of hydrogen-bond acceptors (Lipinski definition) is 4. The van der Waals surface area contributed by atoms with Crippen molar-refractivity contribution in [1.29, 1.82) is 0 Å². The number of fused-ring (bicyclic) bond motifs is 1. The van der Waals surface area contributed by atoms with Gasteiger partial charge in [-0.1, -0.05) is 6.07 Å². The molecular weight excluding hydrogens is 302 g/mol. The summed E-state index contributed by atoms with van der Waals surface area (Å²) < 4.78 is 1.86. The first-order chi connectivity index (χ1) is 10.6. The molecule has 1 atom stereocenters. The van der Waals surface area contributed by atoms with Gasteiger partial charge in [0.05, 0.1) is 30.7 Å². The highest BCUT2D eigenvalue weighted by atomic mass is 32.1. The van der Waals surface area contributed by atoms with Crippen LogP contribution in [0.25, 0.3) is 0 Å². The molecule has 22 heavy (non-hydrogen) atoms. The first-order valence-corrected chi connectivity index (χ1v) is 8.05. The molecule has 0 unspecified atom stereocenters. The van der Waals surface area contributed by atoms with Crippen LogP contribution >= 0.6 is 11.3 Å². The number of aryl methyl sites for hydroxylation is 1. The van der Waals surface area contributed by atoms with E-state index in [1.165, 1.54) is 11.3 Å². The fourth-order valence-corrected chi connectivity index (χ4v) is 3.52. The topological polar surface area (TPSA) is 75.4 Å². The van der Waals surface area contributed by atoms with Gasteiger partial charge in [0.1, 0.15) is 5.92 Å². The van der Waals surface area contributed by atoms with E-state index in [4.69, 9.17) is 0 Å². The third-order valence-corrected chi connectivity index (χ3v) is 4.81. The van der Waals surface area contributed by atoms with Crippen LogP contribution in [0.1, 0.15) is 29.1 Å². The van der Waals surface area contributed by atoms with E-state index in [-0.39, 0.29) is 12.5 Å². The van der Waals surface area contributed by atoms with Crippen molar-refractivity contribution in [3.63, 3.8) is 0 Å². The highest BCUT2D eigenvalue weighted by Crippen LogP contribution is 2.28. The molecule has 6 nitrogen and oxygen atoms in total. The van der Waals surface area contributed by atoms with Gasteiger partial charge in [0.15, 0.2) is 0 Å². The minimum absolute atomic E-state index is 0.0506. The Morgan fingerprint density at radius 3 is 2.95 bits per heavy atom. The summed E-state index contributed by atoms with van der Waals surface area (Å²) in [6.07, 6.45) is 1.97. The van der Waals surface area contributed by atoms with Gasteiger partial charge in [-0.05, 0) is 18.4 Å². The van der Waals surface area contributed by atoms with E-state index >= 15 is 0 Å². The average Bonchev–Trinajstić information content (AvgIpc) is 3.14. The number of aliphatic carboxylic acids is 1. The lowest BCUT2D eigenvalue weighted by Gasteiger charge is -2.31. The number of nitrogens with zero attached hydrogens (tertiary/aromatic N) is 3. The van der Waals surface area contributed by atoms with Crippen LogP contribution in [0, 0.1) is 0 Å². The molecule has 1 amide bonds. The summed E-state index contributed by atoms with van der Waals surface area (Å²) in [5, 5.41) is 11.4. The van der Waals surface area contributed by atoms with Gasteiger partial charge in [-0.2, -0.15) is 0 Å². The van der Waals surface area contributed by atoms with Crippen LogP contribution in [-0.2, 0) is 29.1 Å². The van der Waals surface area contributed by atoms with Gasteiger partial charge < -0.3 is 14.6 Å². The van der Waals surface area contributed by atoms with Crippen molar-refractivity contribution in [2.45, 2.75) is 32.4 Å². The number of amides is 1. The fourth-order valence-electron chi connectivity index (χ4n) is 2.82. The smallest absolute Gasteiger partial charge is 0.314 e. The molecule has 0 fully saturated rings. The molecule has 1 N–H and O–H groups in total. The van der Waals surface area contributed by atoms with Crippen LogP contribution in [-0.4, -0.2) is 38.0 Å². The number of hydrogen-bond donors (Lipinski definition) is 1. The van der Waals surface area contributed by atoms with Crippen LogP contribution in [0.4, 0.5) is 0 Å². The second-order valence-electron chi connectivity index (χ2n) is 5.28. The third-order valence-electron chi connectivity index (χ3n) is 3.93. The maximum absolute atomic E-state index is 12.4. The summed E-state index contributed by atoms with van der Waals surface area (Å²) in [5.74, 6) is -1.67. The Morgan fingerprint density at radius 1 is 1.50 bits per heavy atom. The molecule has 0 bridgehead atoms. The van der Waals surface area contributed by atoms with Crippen molar-refractivity contribution in [2.75, 3.05) is 6.54 Å². The molecule has 1 aliphatic heterocycles. The zero-order chi connectivity index (χ0) is 15.7. The Balaban J connectivity index is 1.84. The molecule has 0 aliphatic carbocycles. The SMILES string of the molecule is CCn1cnc2c1[C@@H](C(=O)O)CN(C(=O)Cc1cccs1)C2. The number of carboxylic acids is 1. The van der Waals surface area contributed by atoms with Crippen molar-refractivity contribution in [2.24, 2.45) is 0 Å². The maximum Gasteiger partial charge on any atom is 0.314 e. The molecule has 7 heteroatoms. The molecule has 0 spiro atoms. The minimum Gasteiger partial charge on any atom is -0.481 e. The quantitative estimate of drug-likeness (QED) is 0.931. The molecule has 2 aromatic heterocycles. The number of aromatic nitrogens is 2. The normalized spacial score (nSPS) is 17.3. The molecule has 0 aromatic carbocycles. The van der Waals surface area contributed by atoms with E-state index in [1.807, 2.05) is 29.0 Å². The third kappa shape index (κ3) is 2.64. The van der Waals surface area contributed by atoms with Gasteiger partial charge in [0, 0.05) is 18.0 Å². The monoisotopic (exact) mass is 319 g/mol. The summed E-state index contributed by atoms with van der Waals surface area (Å²) in [7, 11) is 0. The van der Waals surface area contributed by atoms with Crippen molar-refractivity contribution >= 4 is 23.2 Å². The Morgan fingerprint density at radius 2 is 2.32 bits per heavy atom. The molecule has 0 saturated carbocycles. The number of imidazole rings is 1. The largest absolute Gasteiger partial charge is 0.481 e. The Bertz CT molecular complexity index is 693. The summed E-state index contributed by atoms with van der Waals surface area (Å²) in [5.41, 5.74) is 1.43. The number of carboxylic acid groups (broad SMARTS) is 1. The summed E-state index contributed by atoms with van der Waals surface area (Å²) in [6, 6.07) is 3.82. The van der Waals surface area contributed by atoms with E-state index < -0.39 is 11.9 Å². The molecule has 3 heterocycles. The number of thiophene rings is 1. The standard InChI is InChI=1S/C15H17N3O3S/c1-2-17-9-16-12-8-18(7-11(14(12)17)15(20)21)13(19)6-10-4-3-5-22-10/h3-5,9,11H,2,6-8H2,1H3,(H,20,21)/t11-/m0/s1. The van der Waals surface area contributed by atoms with Crippen molar-refractivity contribution in [3.8, 4) is 0 Å². The maximum atomic E-state index is 12.4. The second-order valence-corrected chi connectivity index (χ2v) is 6.32. The predicted molar refractivity (Wildman–Crippen MR) is 81.7 cm³/mol. The van der Waals surface area contributed by atoms with Crippen LogP contribution in [0.5, 0.6) is 0 Å². The van der Waals surface area contributed by atoms with E-state index in [2.05, 4.69) is 4.98 Å². The van der Waals surface area contributed by atoms with Crippen LogP contribution in [0.3, 0.4) is 0 Å². The van der Waals surface area contributed by atoms with Crippen molar-refractivity contribution in [1.82, 2.24) is 14.5 Å². The Hall–Kier alpha value is -2.15. The summed E-state index contributed by atoms with van der Waals surface area (Å²) in [6.45, 7) is 3.22. The van der Waals surface area contributed by atoms with Crippen LogP contribution in [0.2, 0.25) is 0 Å². The molecule has 1 aliphatic rings. The van der Waals surface area contributed by atoms with Gasteiger partial charge in [-0.3, -0.25) is 9.59 Å². The van der Waals surface area contributed by atoms with E-state index in [0.717, 1.165) is 10.6 Å². The molecule has 2 aromatic rings. The van der Waals surface area contributed by atoms with Gasteiger partial charge in [0.2, 0.25) is 5.91 Å². The minimum atomic E-state index is -0.912. The summed E-state index contributed by atoms with van der Waals surface area (Å²) >= 11 is 1.53. The molecule has 0 radical (unpaired) electrons. The summed E-state index contributed by atoms with van der Waals surface area (Å²) in [4.78, 5) is 30.9.